The number of benzene rings is 2. The molecule has 10 heteroatoms. The number of aromatic amines is 1. The van der Waals surface area contributed by atoms with E-state index in [9.17, 15) is 14.4 Å². The highest BCUT2D eigenvalue weighted by Crippen LogP contribution is 2.31. The first kappa shape index (κ1) is 21.7. The fraction of sp³-hybridized carbons (Fsp3) is 0.273. The van der Waals surface area contributed by atoms with Crippen LogP contribution in [0.1, 0.15) is 25.8 Å². The second kappa shape index (κ2) is 8.91. The molecule has 32 heavy (non-hydrogen) atoms. The van der Waals surface area contributed by atoms with Crippen molar-refractivity contribution in [2.45, 2.75) is 31.0 Å². The zero-order valence-corrected chi connectivity index (χ0v) is 18.5. The third kappa shape index (κ3) is 4.01. The van der Waals surface area contributed by atoms with Crippen LogP contribution in [0, 0.1) is 0 Å². The van der Waals surface area contributed by atoms with Crippen molar-refractivity contribution in [3.8, 4) is 5.75 Å². The van der Waals surface area contributed by atoms with Gasteiger partial charge in [0.05, 0.1) is 23.4 Å². The number of hydrogen-bond donors (Lipinski definition) is 3. The molecular formula is C22H23N5O4S. The number of hydrogen-bond acceptors (Lipinski definition) is 6. The number of aromatic nitrogens is 2. The summed E-state index contributed by atoms with van der Waals surface area (Å²) in [7, 11) is 0. The van der Waals surface area contributed by atoms with Crippen molar-refractivity contribution in [1.82, 2.24) is 25.7 Å². The van der Waals surface area contributed by atoms with E-state index in [0.717, 1.165) is 21.8 Å². The molecule has 4 rings (SSSR count). The van der Waals surface area contributed by atoms with Crippen LogP contribution in [0.15, 0.2) is 53.7 Å². The fourth-order valence-electron chi connectivity index (χ4n) is 3.62. The molecule has 1 saturated heterocycles. The summed E-state index contributed by atoms with van der Waals surface area (Å²) in [4.78, 5) is 45.6. The van der Waals surface area contributed by atoms with E-state index in [1.54, 1.807) is 24.3 Å². The van der Waals surface area contributed by atoms with Gasteiger partial charge >= 0.3 is 6.03 Å². The van der Waals surface area contributed by atoms with Crippen LogP contribution in [0.3, 0.4) is 0 Å². The van der Waals surface area contributed by atoms with Gasteiger partial charge in [0.1, 0.15) is 11.3 Å². The van der Waals surface area contributed by atoms with Gasteiger partial charge in [0, 0.05) is 6.07 Å². The summed E-state index contributed by atoms with van der Waals surface area (Å²) in [6.07, 6.45) is 0.353. The van der Waals surface area contributed by atoms with Crippen LogP contribution >= 0.6 is 11.8 Å². The van der Waals surface area contributed by atoms with Crippen LogP contribution in [0.25, 0.3) is 11.0 Å². The summed E-state index contributed by atoms with van der Waals surface area (Å²) in [6, 6.07) is 13.8. The molecule has 0 saturated carbocycles. The van der Waals surface area contributed by atoms with Gasteiger partial charge in [0.2, 0.25) is 5.91 Å². The van der Waals surface area contributed by atoms with Crippen LogP contribution in [0.4, 0.5) is 4.79 Å². The van der Waals surface area contributed by atoms with E-state index in [0.29, 0.717) is 23.7 Å². The second-order valence-electron chi connectivity index (χ2n) is 7.17. The maximum Gasteiger partial charge on any atom is 0.344 e. The van der Waals surface area contributed by atoms with Gasteiger partial charge in [0.25, 0.3) is 5.91 Å². The Morgan fingerprint density at radius 2 is 1.97 bits per heavy atom. The smallest absolute Gasteiger partial charge is 0.344 e. The van der Waals surface area contributed by atoms with Gasteiger partial charge in [-0.25, -0.2) is 9.78 Å². The van der Waals surface area contributed by atoms with E-state index < -0.39 is 23.4 Å². The molecule has 1 fully saturated rings. The lowest BCUT2D eigenvalue weighted by Gasteiger charge is -2.25. The summed E-state index contributed by atoms with van der Waals surface area (Å²) >= 11 is 1.17. The number of ether oxygens (including phenoxy) is 1. The molecule has 166 valence electrons. The zero-order chi connectivity index (χ0) is 22.7. The molecule has 0 bridgehead atoms. The minimum absolute atomic E-state index is 0.0281. The van der Waals surface area contributed by atoms with E-state index in [2.05, 4.69) is 20.7 Å². The molecule has 1 aliphatic heterocycles. The third-order valence-corrected chi connectivity index (χ3v) is 6.08. The van der Waals surface area contributed by atoms with Gasteiger partial charge in [0.15, 0.2) is 5.16 Å². The van der Waals surface area contributed by atoms with Crippen molar-refractivity contribution in [2.75, 3.05) is 12.4 Å². The molecule has 0 aliphatic carbocycles. The molecule has 1 atom stereocenters. The molecule has 0 spiro atoms. The van der Waals surface area contributed by atoms with Crippen molar-refractivity contribution in [1.29, 1.82) is 0 Å². The lowest BCUT2D eigenvalue weighted by Crippen LogP contribution is -2.49. The number of imide groups is 1. The third-order valence-electron chi connectivity index (χ3n) is 5.21. The predicted octanol–water partition coefficient (Wildman–Crippen LogP) is 2.94. The number of urea groups is 1. The van der Waals surface area contributed by atoms with Crippen molar-refractivity contribution >= 4 is 40.6 Å². The first-order valence-corrected chi connectivity index (χ1v) is 11.2. The Labute approximate surface area is 188 Å². The number of H-pyrrole nitrogens is 1. The molecule has 2 aromatic carbocycles. The van der Waals surface area contributed by atoms with E-state index in [-0.39, 0.29) is 5.75 Å². The van der Waals surface area contributed by atoms with Crippen LogP contribution in [0.5, 0.6) is 5.75 Å². The van der Waals surface area contributed by atoms with E-state index in [1.165, 1.54) is 11.8 Å². The summed E-state index contributed by atoms with van der Waals surface area (Å²) in [6.45, 7) is 4.28. The second-order valence-corrected chi connectivity index (χ2v) is 8.14. The molecule has 1 aliphatic rings. The van der Waals surface area contributed by atoms with Gasteiger partial charge in [-0.2, -0.15) is 5.01 Å². The average molecular weight is 454 g/mol. The molecule has 4 amide bonds. The maximum absolute atomic E-state index is 13.1. The summed E-state index contributed by atoms with van der Waals surface area (Å²) < 4.78 is 5.48. The summed E-state index contributed by atoms with van der Waals surface area (Å²) in [5, 5.41) is 4.04. The SMILES string of the molecule is CCOc1ccc2nc(SCC(=O)NN3C(=O)NC(CC)(c4ccccc4)C3=O)[nH]c2c1. The normalized spacial score (nSPS) is 18.1. The highest BCUT2D eigenvalue weighted by atomic mass is 32.2. The lowest BCUT2D eigenvalue weighted by molar-refractivity contribution is -0.138. The number of thioether (sulfide) groups is 1. The van der Waals surface area contributed by atoms with Crippen LogP contribution < -0.4 is 15.5 Å². The largest absolute Gasteiger partial charge is 0.494 e. The summed E-state index contributed by atoms with van der Waals surface area (Å²) in [5.41, 5.74) is 3.43. The predicted molar refractivity (Wildman–Crippen MR) is 120 cm³/mol. The number of nitrogens with one attached hydrogen (secondary N) is 3. The van der Waals surface area contributed by atoms with Crippen LogP contribution in [-0.4, -0.2) is 45.2 Å². The number of fused-ring (bicyclic) bond motifs is 1. The van der Waals surface area contributed by atoms with Gasteiger partial charge in [-0.1, -0.05) is 49.0 Å². The molecule has 1 aromatic heterocycles. The Bertz CT molecular complexity index is 1170. The molecule has 2 heterocycles. The molecule has 3 aromatic rings. The van der Waals surface area contributed by atoms with Crippen LogP contribution in [0.2, 0.25) is 0 Å². The molecular weight excluding hydrogens is 430 g/mol. The Hall–Kier alpha value is -3.53. The minimum Gasteiger partial charge on any atom is -0.494 e. The van der Waals surface area contributed by atoms with E-state index >= 15 is 0 Å². The van der Waals surface area contributed by atoms with E-state index in [4.69, 9.17) is 4.74 Å². The highest BCUT2D eigenvalue weighted by Gasteiger charge is 2.52. The zero-order valence-electron chi connectivity index (χ0n) is 17.7. The van der Waals surface area contributed by atoms with Crippen molar-refractivity contribution in [3.63, 3.8) is 0 Å². The topological polar surface area (TPSA) is 116 Å². The highest BCUT2D eigenvalue weighted by molar-refractivity contribution is 7.99. The molecule has 3 N–H and O–H groups in total. The maximum atomic E-state index is 13.1. The number of imidazole rings is 1. The first-order chi connectivity index (χ1) is 15.5. The minimum atomic E-state index is -1.20. The van der Waals surface area contributed by atoms with Gasteiger partial charge in [-0.15, -0.1) is 0 Å². The number of carbonyl (C=O) groups is 3. The lowest BCUT2D eigenvalue weighted by atomic mass is 9.87. The molecule has 0 radical (unpaired) electrons. The average Bonchev–Trinajstić information content (AvgIpc) is 3.32. The van der Waals surface area contributed by atoms with Crippen LogP contribution in [-0.2, 0) is 15.1 Å². The van der Waals surface area contributed by atoms with Crippen molar-refractivity contribution in [3.05, 3.63) is 54.1 Å². The summed E-state index contributed by atoms with van der Waals surface area (Å²) in [5.74, 6) is -0.301. The van der Waals surface area contributed by atoms with Gasteiger partial charge in [-0.05, 0) is 31.0 Å². The van der Waals surface area contributed by atoms with Gasteiger partial charge < -0.3 is 15.0 Å². The quantitative estimate of drug-likeness (QED) is 0.357. The van der Waals surface area contributed by atoms with Crippen molar-refractivity contribution < 1.29 is 19.1 Å². The first-order valence-electron chi connectivity index (χ1n) is 10.2. The fourth-order valence-corrected chi connectivity index (χ4v) is 4.30. The Morgan fingerprint density at radius 3 is 2.69 bits per heavy atom. The number of amides is 4. The number of hydrazine groups is 1. The van der Waals surface area contributed by atoms with Crippen molar-refractivity contribution in [2.24, 2.45) is 0 Å². The van der Waals surface area contributed by atoms with E-state index in [1.807, 2.05) is 38.1 Å². The number of carbonyl (C=O) groups excluding carboxylic acids is 3. The standard InChI is InChI=1S/C22H23N5O4S/c1-3-22(14-8-6-5-7-9-14)19(29)27(21(30)25-22)26-18(28)13-32-20-23-16-11-10-15(31-4-2)12-17(16)24-20/h5-12H,3-4,13H2,1-2H3,(H,23,24)(H,25,30)(H,26,28). The number of nitrogens with zero attached hydrogens (tertiary/aromatic N) is 2. The Morgan fingerprint density at radius 1 is 1.19 bits per heavy atom. The number of rotatable bonds is 8. The monoisotopic (exact) mass is 453 g/mol. The molecule has 9 nitrogen and oxygen atoms in total. The molecule has 1 unspecified atom stereocenters. The Balaban J connectivity index is 1.41. The van der Waals surface area contributed by atoms with Gasteiger partial charge in [-0.3, -0.25) is 15.0 Å². The Kier molecular flexibility index (Phi) is 6.04.